The first-order chi connectivity index (χ1) is 9.49. The Balaban J connectivity index is 2.17. The molecule has 1 aliphatic rings. The molecule has 0 amide bonds. The van der Waals surface area contributed by atoms with Gasteiger partial charge < -0.3 is 9.64 Å². The molecule has 0 saturated carbocycles. The molecule has 1 fully saturated rings. The third-order valence-corrected chi connectivity index (χ3v) is 4.03. The molecule has 0 aromatic carbocycles. The second-order valence-electron chi connectivity index (χ2n) is 6.61. The monoisotopic (exact) mass is 281 g/mol. The van der Waals surface area contributed by atoms with Gasteiger partial charge in [-0.05, 0) is 65.5 Å². The van der Waals surface area contributed by atoms with Gasteiger partial charge in [0.05, 0.1) is 12.7 Å². The number of nitrogens with zero attached hydrogens (tertiary/aromatic N) is 2. The zero-order chi connectivity index (χ0) is 15.0. The molecule has 1 rings (SSSR count). The van der Waals surface area contributed by atoms with Crippen molar-refractivity contribution in [2.75, 3.05) is 33.4 Å². The average molecular weight is 281 g/mol. The minimum Gasteiger partial charge on any atom is -0.384 e. The van der Waals surface area contributed by atoms with Crippen molar-refractivity contribution in [2.45, 2.75) is 58.0 Å². The molecule has 0 aliphatic carbocycles. The molecule has 0 spiro atoms. The maximum absolute atomic E-state index is 9.30. The van der Waals surface area contributed by atoms with Gasteiger partial charge in [-0.15, -0.1) is 0 Å². The van der Waals surface area contributed by atoms with Gasteiger partial charge in [0.2, 0.25) is 0 Å². The minimum absolute atomic E-state index is 0.355. The number of methoxy groups -OCH3 is 1. The van der Waals surface area contributed by atoms with E-state index in [2.05, 4.69) is 30.1 Å². The van der Waals surface area contributed by atoms with E-state index in [1.165, 1.54) is 25.9 Å². The van der Waals surface area contributed by atoms with Crippen LogP contribution in [0.5, 0.6) is 0 Å². The fourth-order valence-electron chi connectivity index (χ4n) is 3.10. The van der Waals surface area contributed by atoms with Crippen molar-refractivity contribution in [3.63, 3.8) is 0 Å². The lowest BCUT2D eigenvalue weighted by atomic mass is 9.95. The highest BCUT2D eigenvalue weighted by molar-refractivity contribution is 5.04. The lowest BCUT2D eigenvalue weighted by Crippen LogP contribution is -2.44. The van der Waals surface area contributed by atoms with Crippen LogP contribution in [-0.2, 0) is 4.74 Å². The Morgan fingerprint density at radius 3 is 2.80 bits per heavy atom. The van der Waals surface area contributed by atoms with E-state index in [1.54, 1.807) is 7.11 Å². The fourth-order valence-corrected chi connectivity index (χ4v) is 3.10. The van der Waals surface area contributed by atoms with E-state index in [-0.39, 0.29) is 5.54 Å². The molecule has 0 radical (unpaired) electrons. The third kappa shape index (κ3) is 6.21. The molecule has 1 N–H and O–H groups in total. The third-order valence-electron chi connectivity index (χ3n) is 4.03. The summed E-state index contributed by atoms with van der Waals surface area (Å²) in [5, 5.41) is 12.7. The van der Waals surface area contributed by atoms with Crippen molar-refractivity contribution in [1.82, 2.24) is 10.2 Å². The highest BCUT2D eigenvalue weighted by atomic mass is 16.5. The van der Waals surface area contributed by atoms with E-state index in [1.807, 2.05) is 6.92 Å². The van der Waals surface area contributed by atoms with Crippen LogP contribution in [0.1, 0.15) is 46.5 Å². The van der Waals surface area contributed by atoms with Crippen molar-refractivity contribution in [1.29, 1.82) is 5.26 Å². The molecule has 2 atom stereocenters. The van der Waals surface area contributed by atoms with Crippen LogP contribution in [-0.4, -0.2) is 49.8 Å². The van der Waals surface area contributed by atoms with Crippen LogP contribution in [0.4, 0.5) is 0 Å². The molecule has 4 nitrogen and oxygen atoms in total. The Kier molecular flexibility index (Phi) is 7.50. The van der Waals surface area contributed by atoms with Crippen molar-refractivity contribution in [2.24, 2.45) is 5.92 Å². The maximum atomic E-state index is 9.30. The lowest BCUT2D eigenvalue weighted by molar-refractivity contribution is 0.153. The number of nitrogens with one attached hydrogen (secondary N) is 1. The van der Waals surface area contributed by atoms with Crippen molar-refractivity contribution >= 4 is 0 Å². The molecular weight excluding hydrogens is 250 g/mol. The number of ether oxygens (including phenoxy) is 1. The van der Waals surface area contributed by atoms with Gasteiger partial charge in [0.1, 0.15) is 5.54 Å². The van der Waals surface area contributed by atoms with Crippen LogP contribution in [0, 0.1) is 17.2 Å². The Labute approximate surface area is 124 Å². The van der Waals surface area contributed by atoms with E-state index in [0.717, 1.165) is 26.0 Å². The standard InChI is InChI=1S/C16H31N3O/c1-14(2)18-16(3,13-17)8-5-6-9-19-10-7-15(11-19)12-20-4/h14-15,18H,5-12H2,1-4H3. The molecule has 0 aromatic rings. The number of unbranched alkanes of at least 4 members (excludes halogenated alkanes) is 1. The smallest absolute Gasteiger partial charge is 0.104 e. The molecule has 4 heteroatoms. The number of rotatable bonds is 9. The molecule has 116 valence electrons. The van der Waals surface area contributed by atoms with E-state index in [9.17, 15) is 5.26 Å². The normalized spacial score (nSPS) is 22.9. The molecule has 2 unspecified atom stereocenters. The second-order valence-corrected chi connectivity index (χ2v) is 6.61. The molecule has 0 aromatic heterocycles. The maximum Gasteiger partial charge on any atom is 0.104 e. The van der Waals surface area contributed by atoms with E-state index in [4.69, 9.17) is 4.74 Å². The van der Waals surface area contributed by atoms with Gasteiger partial charge in [-0.25, -0.2) is 0 Å². The number of likely N-dealkylation sites (tertiary alicyclic amines) is 1. The van der Waals surface area contributed by atoms with Gasteiger partial charge >= 0.3 is 0 Å². The van der Waals surface area contributed by atoms with Crippen LogP contribution in [0.2, 0.25) is 0 Å². The first kappa shape index (κ1) is 17.4. The first-order valence-electron chi connectivity index (χ1n) is 7.89. The Bertz CT molecular complexity index is 313. The number of nitriles is 1. The van der Waals surface area contributed by atoms with Crippen LogP contribution in [0.3, 0.4) is 0 Å². The van der Waals surface area contributed by atoms with Gasteiger partial charge in [0, 0.05) is 19.7 Å². The summed E-state index contributed by atoms with van der Waals surface area (Å²) in [6.45, 7) is 10.6. The highest BCUT2D eigenvalue weighted by Gasteiger charge is 2.25. The average Bonchev–Trinajstić information content (AvgIpc) is 2.82. The van der Waals surface area contributed by atoms with Crippen molar-refractivity contribution < 1.29 is 4.74 Å². The summed E-state index contributed by atoms with van der Waals surface area (Å²) in [6.07, 6.45) is 4.47. The zero-order valence-corrected chi connectivity index (χ0v) is 13.6. The van der Waals surface area contributed by atoms with Crippen LogP contribution < -0.4 is 5.32 Å². The topological polar surface area (TPSA) is 48.3 Å². The summed E-state index contributed by atoms with van der Waals surface area (Å²) in [7, 11) is 1.78. The Morgan fingerprint density at radius 1 is 1.45 bits per heavy atom. The molecule has 20 heavy (non-hydrogen) atoms. The predicted molar refractivity (Wildman–Crippen MR) is 82.6 cm³/mol. The summed E-state index contributed by atoms with van der Waals surface area (Å²) >= 11 is 0. The van der Waals surface area contributed by atoms with Crippen LogP contribution >= 0.6 is 0 Å². The second kappa shape index (κ2) is 8.61. The Hall–Kier alpha value is -0.630. The summed E-state index contributed by atoms with van der Waals surface area (Å²) in [5.74, 6) is 0.715. The van der Waals surface area contributed by atoms with E-state index >= 15 is 0 Å². The fraction of sp³-hybridized carbons (Fsp3) is 0.938. The Morgan fingerprint density at radius 2 is 2.20 bits per heavy atom. The largest absolute Gasteiger partial charge is 0.384 e. The predicted octanol–water partition coefficient (Wildman–Crippen LogP) is 2.41. The number of hydrogen-bond donors (Lipinski definition) is 1. The summed E-state index contributed by atoms with van der Waals surface area (Å²) in [4.78, 5) is 2.53. The molecule has 0 bridgehead atoms. The van der Waals surface area contributed by atoms with Crippen LogP contribution in [0.15, 0.2) is 0 Å². The molecular formula is C16H31N3O. The van der Waals surface area contributed by atoms with Crippen LogP contribution in [0.25, 0.3) is 0 Å². The minimum atomic E-state index is -0.377. The van der Waals surface area contributed by atoms with Crippen molar-refractivity contribution in [3.8, 4) is 6.07 Å². The van der Waals surface area contributed by atoms with Gasteiger partial charge in [0.15, 0.2) is 0 Å². The summed E-state index contributed by atoms with van der Waals surface area (Å²) in [5.41, 5.74) is -0.377. The van der Waals surface area contributed by atoms with E-state index in [0.29, 0.717) is 12.0 Å². The molecule has 1 saturated heterocycles. The van der Waals surface area contributed by atoms with Gasteiger partial charge in [0.25, 0.3) is 0 Å². The summed E-state index contributed by atoms with van der Waals surface area (Å²) < 4.78 is 5.22. The first-order valence-corrected chi connectivity index (χ1v) is 7.89. The lowest BCUT2D eigenvalue weighted by Gasteiger charge is -2.26. The van der Waals surface area contributed by atoms with Gasteiger partial charge in [-0.1, -0.05) is 0 Å². The molecule has 1 aliphatic heterocycles. The molecule has 1 heterocycles. The number of hydrogen-bond acceptors (Lipinski definition) is 4. The van der Waals surface area contributed by atoms with Crippen molar-refractivity contribution in [3.05, 3.63) is 0 Å². The SMILES string of the molecule is COCC1CCN(CCCCC(C)(C#N)NC(C)C)C1. The van der Waals surface area contributed by atoms with Gasteiger partial charge in [-0.3, -0.25) is 5.32 Å². The van der Waals surface area contributed by atoms with Gasteiger partial charge in [-0.2, -0.15) is 5.26 Å². The summed E-state index contributed by atoms with van der Waals surface area (Å²) in [6, 6.07) is 2.78. The zero-order valence-electron chi connectivity index (χ0n) is 13.6. The highest BCUT2D eigenvalue weighted by Crippen LogP contribution is 2.18. The quantitative estimate of drug-likeness (QED) is 0.659. The van der Waals surface area contributed by atoms with E-state index < -0.39 is 0 Å².